The molecule has 0 radical (unpaired) electrons. The zero-order valence-electron chi connectivity index (χ0n) is 10.7. The summed E-state index contributed by atoms with van der Waals surface area (Å²) in [5.74, 6) is 0. The molecular weight excluding hydrogens is 214 g/mol. The third-order valence-electron chi connectivity index (χ3n) is 3.78. The highest BCUT2D eigenvalue weighted by Gasteiger charge is 2.29. The number of urea groups is 1. The summed E-state index contributed by atoms with van der Waals surface area (Å²) in [6, 6.07) is 1.05. The second kappa shape index (κ2) is 6.24. The zero-order valence-corrected chi connectivity index (χ0v) is 10.7. The fourth-order valence-corrected chi connectivity index (χ4v) is 2.59. The molecule has 0 unspecified atom stereocenters. The van der Waals surface area contributed by atoms with Crippen LogP contribution in [0.5, 0.6) is 0 Å². The van der Waals surface area contributed by atoms with Crippen molar-refractivity contribution in [1.82, 2.24) is 10.2 Å². The summed E-state index contributed by atoms with van der Waals surface area (Å²) in [4.78, 5) is 14.2. The van der Waals surface area contributed by atoms with Crippen LogP contribution in [0.1, 0.15) is 51.4 Å². The number of carbonyl (C=O) groups excluding carboxylic acids is 1. The van der Waals surface area contributed by atoms with Crippen LogP contribution < -0.4 is 11.1 Å². The molecule has 2 saturated carbocycles. The Balaban J connectivity index is 1.87. The number of nitrogens with zero attached hydrogens (tertiary/aromatic N) is 1. The first-order valence-corrected chi connectivity index (χ1v) is 7.08. The van der Waals surface area contributed by atoms with E-state index in [1.54, 1.807) is 0 Å². The number of rotatable bonds is 5. The van der Waals surface area contributed by atoms with Gasteiger partial charge in [-0.2, -0.15) is 0 Å². The van der Waals surface area contributed by atoms with Gasteiger partial charge >= 0.3 is 6.03 Å². The molecule has 4 nitrogen and oxygen atoms in total. The smallest absolute Gasteiger partial charge is 0.317 e. The third kappa shape index (κ3) is 3.87. The van der Waals surface area contributed by atoms with Crippen LogP contribution in [0.3, 0.4) is 0 Å². The third-order valence-corrected chi connectivity index (χ3v) is 3.78. The molecule has 2 aliphatic rings. The van der Waals surface area contributed by atoms with Gasteiger partial charge in [-0.3, -0.25) is 0 Å². The van der Waals surface area contributed by atoms with Crippen molar-refractivity contribution < 1.29 is 4.79 Å². The van der Waals surface area contributed by atoms with Crippen molar-refractivity contribution in [3.8, 4) is 0 Å². The van der Waals surface area contributed by atoms with Gasteiger partial charge in [0.05, 0.1) is 0 Å². The van der Waals surface area contributed by atoms with Crippen molar-refractivity contribution in [3.05, 3.63) is 0 Å². The van der Waals surface area contributed by atoms with E-state index in [0.29, 0.717) is 18.6 Å². The second-order valence-electron chi connectivity index (χ2n) is 5.35. The molecule has 0 heterocycles. The van der Waals surface area contributed by atoms with Gasteiger partial charge in [-0.1, -0.05) is 19.3 Å². The normalized spacial score (nSPS) is 21.2. The highest BCUT2D eigenvalue weighted by molar-refractivity contribution is 5.75. The lowest BCUT2D eigenvalue weighted by molar-refractivity contribution is 0.154. The molecule has 0 atom stereocenters. The van der Waals surface area contributed by atoms with Crippen molar-refractivity contribution in [2.45, 2.75) is 63.5 Å². The summed E-state index contributed by atoms with van der Waals surface area (Å²) in [5.41, 5.74) is 5.56. The molecule has 2 rings (SSSR count). The monoisotopic (exact) mass is 239 g/mol. The molecule has 0 saturated heterocycles. The van der Waals surface area contributed by atoms with Crippen LogP contribution in [0, 0.1) is 0 Å². The second-order valence-corrected chi connectivity index (χ2v) is 5.35. The molecule has 98 valence electrons. The Morgan fingerprint density at radius 1 is 1.18 bits per heavy atom. The van der Waals surface area contributed by atoms with E-state index in [-0.39, 0.29) is 6.03 Å². The Labute approximate surface area is 104 Å². The van der Waals surface area contributed by atoms with Crippen LogP contribution >= 0.6 is 0 Å². The van der Waals surface area contributed by atoms with Gasteiger partial charge in [-0.05, 0) is 38.6 Å². The van der Waals surface area contributed by atoms with Crippen molar-refractivity contribution in [3.63, 3.8) is 0 Å². The SMILES string of the molecule is NCCCN(C(=O)NC1CC1)C1CCCCC1. The number of hydrogen-bond acceptors (Lipinski definition) is 2. The Morgan fingerprint density at radius 2 is 1.88 bits per heavy atom. The van der Waals surface area contributed by atoms with E-state index in [1.807, 2.05) is 4.90 Å². The van der Waals surface area contributed by atoms with E-state index in [4.69, 9.17) is 5.73 Å². The summed E-state index contributed by atoms with van der Waals surface area (Å²) in [7, 11) is 0. The molecule has 0 aliphatic heterocycles. The van der Waals surface area contributed by atoms with Crippen molar-refractivity contribution in [1.29, 1.82) is 0 Å². The van der Waals surface area contributed by atoms with Crippen molar-refractivity contribution in [2.24, 2.45) is 5.73 Å². The number of nitrogens with two attached hydrogens (primary N) is 1. The van der Waals surface area contributed by atoms with Crippen LogP contribution in [0.2, 0.25) is 0 Å². The van der Waals surface area contributed by atoms with Crippen LogP contribution in [-0.4, -0.2) is 36.1 Å². The fraction of sp³-hybridized carbons (Fsp3) is 0.923. The summed E-state index contributed by atoms with van der Waals surface area (Å²) in [5, 5.41) is 3.11. The molecular formula is C13H25N3O. The predicted octanol–water partition coefficient (Wildman–Crippen LogP) is 1.84. The fourth-order valence-electron chi connectivity index (χ4n) is 2.59. The first-order valence-electron chi connectivity index (χ1n) is 7.08. The quantitative estimate of drug-likeness (QED) is 0.769. The lowest BCUT2D eigenvalue weighted by atomic mass is 9.94. The summed E-state index contributed by atoms with van der Waals surface area (Å²) in [6.07, 6.45) is 9.41. The van der Waals surface area contributed by atoms with Gasteiger partial charge in [0, 0.05) is 18.6 Å². The van der Waals surface area contributed by atoms with Gasteiger partial charge in [0.1, 0.15) is 0 Å². The van der Waals surface area contributed by atoms with E-state index >= 15 is 0 Å². The van der Waals surface area contributed by atoms with Gasteiger partial charge in [-0.25, -0.2) is 4.79 Å². The van der Waals surface area contributed by atoms with E-state index in [1.165, 1.54) is 32.1 Å². The first kappa shape index (κ1) is 12.7. The number of nitrogens with one attached hydrogen (secondary N) is 1. The maximum Gasteiger partial charge on any atom is 0.317 e. The molecule has 0 aromatic heterocycles. The maximum absolute atomic E-state index is 12.2. The van der Waals surface area contributed by atoms with Gasteiger partial charge in [0.15, 0.2) is 0 Å². The van der Waals surface area contributed by atoms with E-state index in [9.17, 15) is 4.79 Å². The van der Waals surface area contributed by atoms with Crippen LogP contribution in [0.25, 0.3) is 0 Å². The Morgan fingerprint density at radius 3 is 2.47 bits per heavy atom. The zero-order chi connectivity index (χ0) is 12.1. The molecule has 0 aromatic carbocycles. The number of hydrogen-bond donors (Lipinski definition) is 2. The topological polar surface area (TPSA) is 58.4 Å². The van der Waals surface area contributed by atoms with Crippen LogP contribution in [0.4, 0.5) is 4.79 Å². The van der Waals surface area contributed by atoms with Gasteiger partial charge in [0.2, 0.25) is 0 Å². The van der Waals surface area contributed by atoms with Crippen LogP contribution in [0.15, 0.2) is 0 Å². The van der Waals surface area contributed by atoms with Crippen LogP contribution in [-0.2, 0) is 0 Å². The van der Waals surface area contributed by atoms with Gasteiger partial charge < -0.3 is 16.0 Å². The first-order chi connectivity index (χ1) is 8.31. The molecule has 3 N–H and O–H groups in total. The largest absolute Gasteiger partial charge is 0.335 e. The van der Waals surface area contributed by atoms with Crippen molar-refractivity contribution in [2.75, 3.05) is 13.1 Å². The molecule has 0 aromatic rings. The molecule has 4 heteroatoms. The Kier molecular flexibility index (Phi) is 4.66. The molecule has 2 aliphatic carbocycles. The molecule has 2 fully saturated rings. The van der Waals surface area contributed by atoms with E-state index < -0.39 is 0 Å². The summed E-state index contributed by atoms with van der Waals surface area (Å²) in [6.45, 7) is 1.49. The minimum atomic E-state index is 0.146. The number of amides is 2. The van der Waals surface area contributed by atoms with Crippen molar-refractivity contribution >= 4 is 6.03 Å². The highest BCUT2D eigenvalue weighted by Crippen LogP contribution is 2.24. The summed E-state index contributed by atoms with van der Waals surface area (Å²) >= 11 is 0. The van der Waals surface area contributed by atoms with E-state index in [2.05, 4.69) is 5.32 Å². The molecule has 0 bridgehead atoms. The molecule has 17 heavy (non-hydrogen) atoms. The predicted molar refractivity (Wildman–Crippen MR) is 68.8 cm³/mol. The average Bonchev–Trinajstić information content (AvgIpc) is 3.15. The standard InChI is InChI=1S/C13H25N3O/c14-9-4-10-16(12-5-2-1-3-6-12)13(17)15-11-7-8-11/h11-12H,1-10,14H2,(H,15,17). The lowest BCUT2D eigenvalue weighted by Crippen LogP contribution is -2.48. The maximum atomic E-state index is 12.2. The van der Waals surface area contributed by atoms with E-state index in [0.717, 1.165) is 25.8 Å². The summed E-state index contributed by atoms with van der Waals surface area (Å²) < 4.78 is 0. The number of carbonyl (C=O) groups is 1. The Bertz CT molecular complexity index is 247. The van der Waals surface area contributed by atoms with Gasteiger partial charge in [0.25, 0.3) is 0 Å². The highest BCUT2D eigenvalue weighted by atomic mass is 16.2. The Hall–Kier alpha value is -0.770. The van der Waals surface area contributed by atoms with Gasteiger partial charge in [-0.15, -0.1) is 0 Å². The average molecular weight is 239 g/mol. The minimum absolute atomic E-state index is 0.146. The lowest BCUT2D eigenvalue weighted by Gasteiger charge is -2.34. The molecule has 0 spiro atoms. The molecule has 2 amide bonds. The minimum Gasteiger partial charge on any atom is -0.335 e.